The molecule has 1 aromatic carbocycles. The van der Waals surface area contributed by atoms with Gasteiger partial charge in [-0.25, -0.2) is 14.4 Å². The Morgan fingerprint density at radius 3 is 2.62 bits per heavy atom. The number of piperazine rings is 1. The lowest BCUT2D eigenvalue weighted by molar-refractivity contribution is 0.110. The Morgan fingerprint density at radius 2 is 1.90 bits per heavy atom. The third kappa shape index (κ3) is 4.26. The zero-order chi connectivity index (χ0) is 20.5. The summed E-state index contributed by atoms with van der Waals surface area (Å²) in [5.74, 6) is 1.86. The van der Waals surface area contributed by atoms with E-state index in [0.29, 0.717) is 12.5 Å². The highest BCUT2D eigenvalue weighted by Gasteiger charge is 2.23. The van der Waals surface area contributed by atoms with Crippen molar-refractivity contribution in [2.45, 2.75) is 32.8 Å². The fourth-order valence-electron chi connectivity index (χ4n) is 3.89. The number of benzene rings is 1. The van der Waals surface area contributed by atoms with Crippen molar-refractivity contribution < 1.29 is 9.50 Å². The number of hydrogen-bond acceptors (Lipinski definition) is 5. The van der Waals surface area contributed by atoms with Crippen molar-refractivity contribution in [3.05, 3.63) is 53.4 Å². The molecule has 1 aliphatic heterocycles. The lowest BCUT2D eigenvalue weighted by Gasteiger charge is -2.36. The van der Waals surface area contributed by atoms with E-state index in [4.69, 9.17) is 4.98 Å². The Balaban J connectivity index is 1.40. The number of β-amino-alcohol motifs (C(OH)–C–C–N with tert-alkyl or cyclic N) is 1. The van der Waals surface area contributed by atoms with Gasteiger partial charge in [0.25, 0.3) is 0 Å². The van der Waals surface area contributed by atoms with Gasteiger partial charge in [0, 0.05) is 73.1 Å². The van der Waals surface area contributed by atoms with E-state index in [1.54, 1.807) is 12.3 Å². The SMILES string of the molecule is Cc1cc(N2CCN(C[C@H](O)c3c[nH]c4ccc(F)cc34)CC2)nc(C(C)C)n1. The number of rotatable bonds is 5. The summed E-state index contributed by atoms with van der Waals surface area (Å²) in [5, 5.41) is 11.5. The average molecular weight is 397 g/mol. The first kappa shape index (κ1) is 19.8. The van der Waals surface area contributed by atoms with E-state index in [2.05, 4.69) is 33.6 Å². The standard InChI is InChI=1S/C22H28FN5O/c1-14(2)22-25-15(3)10-21(26-22)28-8-6-27(7-9-28)13-20(29)18-12-24-19-5-4-16(23)11-17(18)19/h4-5,10-12,14,20,24,29H,6-9,13H2,1-3H3/t20-/m0/s1. The smallest absolute Gasteiger partial charge is 0.133 e. The molecule has 1 atom stereocenters. The molecule has 2 N–H and O–H groups in total. The number of anilines is 1. The number of H-pyrrole nitrogens is 1. The van der Waals surface area contributed by atoms with Crippen molar-refractivity contribution in [1.82, 2.24) is 19.9 Å². The van der Waals surface area contributed by atoms with Gasteiger partial charge in [0.2, 0.25) is 0 Å². The summed E-state index contributed by atoms with van der Waals surface area (Å²) in [4.78, 5) is 16.9. The van der Waals surface area contributed by atoms with Crippen LogP contribution in [0.2, 0.25) is 0 Å². The van der Waals surface area contributed by atoms with Crippen molar-refractivity contribution in [3.8, 4) is 0 Å². The molecule has 3 aromatic rings. The van der Waals surface area contributed by atoms with Gasteiger partial charge in [-0.3, -0.25) is 4.90 Å². The molecule has 0 spiro atoms. The highest BCUT2D eigenvalue weighted by molar-refractivity contribution is 5.83. The van der Waals surface area contributed by atoms with Gasteiger partial charge in [-0.15, -0.1) is 0 Å². The van der Waals surface area contributed by atoms with Gasteiger partial charge in [-0.2, -0.15) is 0 Å². The number of aliphatic hydroxyl groups excluding tert-OH is 1. The van der Waals surface area contributed by atoms with Crippen LogP contribution in [0.5, 0.6) is 0 Å². The third-order valence-electron chi connectivity index (χ3n) is 5.54. The Labute approximate surface area is 170 Å². The number of aromatic nitrogens is 3. The van der Waals surface area contributed by atoms with Crippen molar-refractivity contribution in [3.63, 3.8) is 0 Å². The molecular weight excluding hydrogens is 369 g/mol. The first-order valence-electron chi connectivity index (χ1n) is 10.2. The van der Waals surface area contributed by atoms with E-state index >= 15 is 0 Å². The van der Waals surface area contributed by atoms with E-state index in [1.807, 2.05) is 13.0 Å². The summed E-state index contributed by atoms with van der Waals surface area (Å²) in [6.45, 7) is 10.1. The average Bonchev–Trinajstić information content (AvgIpc) is 3.11. The van der Waals surface area contributed by atoms with Crippen LogP contribution >= 0.6 is 0 Å². The lowest BCUT2D eigenvalue weighted by Crippen LogP contribution is -2.48. The molecule has 7 heteroatoms. The number of aryl methyl sites for hydroxylation is 1. The molecular formula is C22H28FN5O. The second-order valence-electron chi connectivity index (χ2n) is 8.12. The first-order chi connectivity index (χ1) is 13.9. The van der Waals surface area contributed by atoms with Crippen molar-refractivity contribution in [2.24, 2.45) is 0 Å². The van der Waals surface area contributed by atoms with E-state index in [0.717, 1.165) is 60.0 Å². The summed E-state index contributed by atoms with van der Waals surface area (Å²) >= 11 is 0. The van der Waals surface area contributed by atoms with Crippen LogP contribution in [-0.4, -0.2) is 57.7 Å². The Hall–Kier alpha value is -2.51. The number of nitrogens with zero attached hydrogens (tertiary/aromatic N) is 4. The first-order valence-corrected chi connectivity index (χ1v) is 10.2. The summed E-state index contributed by atoms with van der Waals surface area (Å²) in [7, 11) is 0. The highest BCUT2D eigenvalue weighted by atomic mass is 19.1. The fraction of sp³-hybridized carbons (Fsp3) is 0.455. The third-order valence-corrected chi connectivity index (χ3v) is 5.54. The molecule has 0 unspecified atom stereocenters. The molecule has 0 amide bonds. The largest absolute Gasteiger partial charge is 0.387 e. The molecule has 1 aliphatic rings. The molecule has 1 saturated heterocycles. The predicted octanol–water partition coefficient (Wildman–Crippen LogP) is 3.38. The number of aromatic amines is 1. The maximum absolute atomic E-state index is 13.6. The number of fused-ring (bicyclic) bond motifs is 1. The van der Waals surface area contributed by atoms with Crippen LogP contribution in [0.4, 0.5) is 10.2 Å². The monoisotopic (exact) mass is 397 g/mol. The molecule has 1 fully saturated rings. The second kappa shape index (κ2) is 8.08. The van der Waals surface area contributed by atoms with E-state index < -0.39 is 6.10 Å². The van der Waals surface area contributed by atoms with E-state index in [9.17, 15) is 9.50 Å². The van der Waals surface area contributed by atoms with Gasteiger partial charge < -0.3 is 15.0 Å². The summed E-state index contributed by atoms with van der Waals surface area (Å²) in [6, 6.07) is 6.64. The molecule has 0 radical (unpaired) electrons. The van der Waals surface area contributed by atoms with E-state index in [-0.39, 0.29) is 5.82 Å². The van der Waals surface area contributed by atoms with Crippen molar-refractivity contribution in [2.75, 3.05) is 37.6 Å². The normalized spacial score (nSPS) is 16.7. The van der Waals surface area contributed by atoms with Crippen LogP contribution in [-0.2, 0) is 0 Å². The van der Waals surface area contributed by atoms with Crippen molar-refractivity contribution >= 4 is 16.7 Å². The zero-order valence-electron chi connectivity index (χ0n) is 17.2. The minimum Gasteiger partial charge on any atom is -0.387 e. The van der Waals surface area contributed by atoms with Gasteiger partial charge in [0.15, 0.2) is 0 Å². The zero-order valence-corrected chi connectivity index (χ0v) is 17.2. The molecule has 4 rings (SSSR count). The van der Waals surface area contributed by atoms with Crippen LogP contribution in [0.3, 0.4) is 0 Å². The molecule has 0 saturated carbocycles. The van der Waals surface area contributed by atoms with Gasteiger partial charge >= 0.3 is 0 Å². The highest BCUT2D eigenvalue weighted by Crippen LogP contribution is 2.26. The number of aliphatic hydroxyl groups is 1. The number of hydrogen-bond donors (Lipinski definition) is 2. The van der Waals surface area contributed by atoms with Gasteiger partial charge in [-0.1, -0.05) is 13.8 Å². The Kier molecular flexibility index (Phi) is 5.52. The topological polar surface area (TPSA) is 68.3 Å². The van der Waals surface area contributed by atoms with Gasteiger partial charge in [-0.05, 0) is 25.1 Å². The molecule has 3 heterocycles. The van der Waals surface area contributed by atoms with Crippen LogP contribution in [0.25, 0.3) is 10.9 Å². The Bertz CT molecular complexity index is 994. The summed E-state index contributed by atoms with van der Waals surface area (Å²) < 4.78 is 13.6. The van der Waals surface area contributed by atoms with Crippen LogP contribution < -0.4 is 4.90 Å². The van der Waals surface area contributed by atoms with Crippen molar-refractivity contribution in [1.29, 1.82) is 0 Å². The van der Waals surface area contributed by atoms with E-state index in [1.165, 1.54) is 12.1 Å². The summed E-state index contributed by atoms with van der Waals surface area (Å²) in [6.07, 6.45) is 1.12. The van der Waals surface area contributed by atoms with Crippen LogP contribution in [0.1, 0.15) is 43.0 Å². The Morgan fingerprint density at radius 1 is 1.14 bits per heavy atom. The molecule has 0 aliphatic carbocycles. The maximum atomic E-state index is 13.6. The lowest BCUT2D eigenvalue weighted by atomic mass is 10.1. The van der Waals surface area contributed by atoms with Gasteiger partial charge in [0.05, 0.1) is 6.10 Å². The predicted molar refractivity (Wildman–Crippen MR) is 113 cm³/mol. The summed E-state index contributed by atoms with van der Waals surface area (Å²) in [5.41, 5.74) is 2.57. The molecule has 154 valence electrons. The van der Waals surface area contributed by atoms with Crippen LogP contribution in [0, 0.1) is 12.7 Å². The second-order valence-corrected chi connectivity index (χ2v) is 8.12. The molecule has 0 bridgehead atoms. The molecule has 29 heavy (non-hydrogen) atoms. The maximum Gasteiger partial charge on any atom is 0.133 e. The number of halogens is 1. The molecule has 6 nitrogen and oxygen atoms in total. The van der Waals surface area contributed by atoms with Crippen LogP contribution in [0.15, 0.2) is 30.5 Å². The number of nitrogens with one attached hydrogen (secondary N) is 1. The van der Waals surface area contributed by atoms with Gasteiger partial charge in [0.1, 0.15) is 17.5 Å². The minimum absolute atomic E-state index is 0.292. The quantitative estimate of drug-likeness (QED) is 0.691. The minimum atomic E-state index is -0.661. The fourth-order valence-corrected chi connectivity index (χ4v) is 3.89. The molecule has 2 aromatic heterocycles.